The second-order valence-electron chi connectivity index (χ2n) is 7.55. The van der Waals surface area contributed by atoms with Crippen LogP contribution in [0.2, 0.25) is 0 Å². The number of hydrogen-bond acceptors (Lipinski definition) is 4. The Hall–Kier alpha value is -2.69. The van der Waals surface area contributed by atoms with E-state index in [1.807, 2.05) is 11.3 Å². The average molecular weight is 416 g/mol. The Labute approximate surface area is 178 Å². The van der Waals surface area contributed by atoms with Gasteiger partial charge in [0.15, 0.2) is 0 Å². The number of fused-ring (bicyclic) bond motifs is 3. The lowest BCUT2D eigenvalue weighted by Gasteiger charge is -2.38. The number of benzene rings is 2. The van der Waals surface area contributed by atoms with E-state index in [0.717, 1.165) is 11.4 Å². The van der Waals surface area contributed by atoms with Crippen molar-refractivity contribution in [3.05, 3.63) is 86.9 Å². The summed E-state index contributed by atoms with van der Waals surface area (Å²) in [6.07, 6.45) is 2.81. The van der Waals surface area contributed by atoms with Gasteiger partial charge in [0, 0.05) is 43.6 Å². The molecule has 3 heterocycles. The lowest BCUT2D eigenvalue weighted by Crippen LogP contribution is -2.30. The third-order valence-electron chi connectivity index (χ3n) is 5.43. The minimum atomic E-state index is 0.00232. The number of nitrogens with zero attached hydrogens (tertiary/aromatic N) is 1. The number of carbonyl (C=O) groups excluding carboxylic acids is 1. The van der Waals surface area contributed by atoms with Gasteiger partial charge in [-0.1, -0.05) is 35.9 Å². The van der Waals surface area contributed by atoms with E-state index in [1.165, 1.54) is 31.7 Å². The highest BCUT2D eigenvalue weighted by molar-refractivity contribution is 7.19. The van der Waals surface area contributed by atoms with Gasteiger partial charge >= 0.3 is 0 Å². The van der Waals surface area contributed by atoms with Gasteiger partial charge in [0.1, 0.15) is 5.78 Å². The van der Waals surface area contributed by atoms with Gasteiger partial charge in [-0.25, -0.2) is 0 Å². The van der Waals surface area contributed by atoms with Gasteiger partial charge in [0.25, 0.3) is 0 Å². The van der Waals surface area contributed by atoms with E-state index >= 15 is 0 Å². The molecule has 0 amide bonds. The zero-order chi connectivity index (χ0) is 20.0. The Balaban J connectivity index is 1.79. The number of ketones is 1. The van der Waals surface area contributed by atoms with Crippen LogP contribution in [0.4, 0.5) is 5.69 Å². The second kappa shape index (κ2) is 7.29. The minimum Gasteiger partial charge on any atom is -0.332 e. The second-order valence-corrected chi connectivity index (χ2v) is 9.41. The Morgan fingerprint density at radius 1 is 1.07 bits per heavy atom. The summed E-state index contributed by atoms with van der Waals surface area (Å²) in [5.41, 5.74) is 5.99. The maximum Gasteiger partial charge on any atom is 0.132 e. The van der Waals surface area contributed by atoms with Gasteiger partial charge < -0.3 is 4.90 Å². The van der Waals surface area contributed by atoms with E-state index in [1.54, 1.807) is 18.3 Å². The van der Waals surface area contributed by atoms with E-state index in [0.29, 0.717) is 6.42 Å². The van der Waals surface area contributed by atoms with Crippen LogP contribution in [0.5, 0.6) is 0 Å². The number of aryl methyl sites for hydroxylation is 1. The molecule has 1 atom stereocenters. The molecule has 2 nitrogen and oxygen atoms in total. The molecule has 29 heavy (non-hydrogen) atoms. The van der Waals surface area contributed by atoms with Crippen molar-refractivity contribution in [2.45, 2.75) is 26.3 Å². The maximum absolute atomic E-state index is 12.3. The first-order valence-corrected chi connectivity index (χ1v) is 11.5. The number of rotatable bonds is 4. The number of hydrogen-bond donors (Lipinski definition) is 0. The van der Waals surface area contributed by atoms with Crippen LogP contribution in [0.25, 0.3) is 21.9 Å². The summed E-state index contributed by atoms with van der Waals surface area (Å²) in [6, 6.07) is 19.4. The predicted octanol–water partition coefficient (Wildman–Crippen LogP) is 7.31. The fourth-order valence-electron chi connectivity index (χ4n) is 4.09. The number of Topliss-reactive ketones (excluding diaryl/α,β-unsaturated/α-hetero) is 1. The Morgan fingerprint density at radius 2 is 1.86 bits per heavy atom. The fraction of sp³-hybridized carbons (Fsp3) is 0.160. The summed E-state index contributed by atoms with van der Waals surface area (Å²) >= 11 is 3.52. The zero-order valence-corrected chi connectivity index (χ0v) is 18.0. The van der Waals surface area contributed by atoms with Crippen molar-refractivity contribution < 1.29 is 4.79 Å². The third-order valence-corrected chi connectivity index (χ3v) is 7.40. The molecular formula is C25H21NOS2. The molecule has 0 saturated heterocycles. The maximum atomic E-state index is 12.3. The highest BCUT2D eigenvalue weighted by Gasteiger charge is 2.34. The van der Waals surface area contributed by atoms with Gasteiger partial charge in [-0.3, -0.25) is 4.79 Å². The molecule has 2 aromatic carbocycles. The summed E-state index contributed by atoms with van der Waals surface area (Å²) in [6.45, 7) is 3.80. The van der Waals surface area contributed by atoms with Crippen molar-refractivity contribution in [3.8, 4) is 0 Å². The number of carbonyl (C=O) groups is 1. The highest BCUT2D eigenvalue weighted by Crippen LogP contribution is 2.49. The van der Waals surface area contributed by atoms with Crippen LogP contribution < -0.4 is 4.90 Å². The molecule has 2 aromatic heterocycles. The Morgan fingerprint density at radius 3 is 2.59 bits per heavy atom. The summed E-state index contributed by atoms with van der Waals surface area (Å²) < 4.78 is 1.28. The molecule has 1 aliphatic rings. The minimum absolute atomic E-state index is 0.00232. The van der Waals surface area contributed by atoms with Gasteiger partial charge in [0.2, 0.25) is 0 Å². The smallest absolute Gasteiger partial charge is 0.132 e. The zero-order valence-electron chi connectivity index (χ0n) is 16.4. The Kier molecular flexibility index (Phi) is 4.61. The molecule has 1 unspecified atom stereocenters. The van der Waals surface area contributed by atoms with Crippen molar-refractivity contribution in [1.82, 2.24) is 0 Å². The molecule has 0 radical (unpaired) electrons. The predicted molar refractivity (Wildman–Crippen MR) is 126 cm³/mol. The van der Waals surface area contributed by atoms with Crippen molar-refractivity contribution in [2.24, 2.45) is 0 Å². The SMILES string of the molecule is CC(=O)CC1c2sc3ccccc3c2C=C(c2ccsc2)N1c1ccc(C)cc1. The van der Waals surface area contributed by atoms with E-state index < -0.39 is 0 Å². The topological polar surface area (TPSA) is 20.3 Å². The van der Waals surface area contributed by atoms with Crippen LogP contribution in [-0.2, 0) is 4.79 Å². The summed E-state index contributed by atoms with van der Waals surface area (Å²) in [7, 11) is 0. The molecular weight excluding hydrogens is 394 g/mol. The molecule has 0 spiro atoms. The highest BCUT2D eigenvalue weighted by atomic mass is 32.1. The molecule has 4 aromatic rings. The quantitative estimate of drug-likeness (QED) is 0.348. The van der Waals surface area contributed by atoms with Gasteiger partial charge in [-0.05, 0) is 49.6 Å². The molecule has 0 fully saturated rings. The van der Waals surface area contributed by atoms with E-state index in [-0.39, 0.29) is 11.8 Å². The van der Waals surface area contributed by atoms with Crippen LogP contribution in [0.3, 0.4) is 0 Å². The molecule has 144 valence electrons. The van der Waals surface area contributed by atoms with Crippen LogP contribution >= 0.6 is 22.7 Å². The van der Waals surface area contributed by atoms with Crippen LogP contribution in [0, 0.1) is 6.92 Å². The van der Waals surface area contributed by atoms with Crippen molar-refractivity contribution in [1.29, 1.82) is 0 Å². The molecule has 5 rings (SSSR count). The summed E-state index contributed by atoms with van der Waals surface area (Å²) in [4.78, 5) is 16.0. The monoisotopic (exact) mass is 415 g/mol. The molecule has 4 heteroatoms. The van der Waals surface area contributed by atoms with Crippen molar-refractivity contribution in [2.75, 3.05) is 4.90 Å². The van der Waals surface area contributed by atoms with Crippen LogP contribution in [-0.4, -0.2) is 5.78 Å². The standard InChI is InChI=1S/C25H21NOS2/c1-16-7-9-19(10-8-16)26-22(18-11-12-28-15-18)14-21-20-5-3-4-6-24(20)29-25(21)23(26)13-17(2)27/h3-12,14-15,23H,13H2,1-2H3. The van der Waals surface area contributed by atoms with Crippen molar-refractivity contribution in [3.63, 3.8) is 0 Å². The lowest BCUT2D eigenvalue weighted by atomic mass is 9.93. The first-order valence-electron chi connectivity index (χ1n) is 9.73. The molecule has 0 saturated carbocycles. The summed E-state index contributed by atoms with van der Waals surface area (Å²) in [5, 5.41) is 5.58. The largest absolute Gasteiger partial charge is 0.332 e. The van der Waals surface area contributed by atoms with Crippen LogP contribution in [0.15, 0.2) is 65.4 Å². The Bertz CT molecular complexity index is 1220. The molecule has 0 N–H and O–H groups in total. The van der Waals surface area contributed by atoms with E-state index in [9.17, 15) is 4.79 Å². The van der Waals surface area contributed by atoms with Gasteiger partial charge in [0.05, 0.1) is 11.7 Å². The lowest BCUT2D eigenvalue weighted by molar-refractivity contribution is -0.117. The van der Waals surface area contributed by atoms with Crippen LogP contribution in [0.1, 0.15) is 41.0 Å². The summed E-state index contributed by atoms with van der Waals surface area (Å²) in [5.74, 6) is 0.210. The first kappa shape index (κ1) is 18.3. The van der Waals surface area contributed by atoms with E-state index in [4.69, 9.17) is 0 Å². The number of anilines is 1. The molecule has 0 aliphatic carbocycles. The van der Waals surface area contributed by atoms with Gasteiger partial charge in [-0.2, -0.15) is 11.3 Å². The van der Waals surface area contributed by atoms with Gasteiger partial charge in [-0.15, -0.1) is 11.3 Å². The first-order chi connectivity index (χ1) is 14.1. The normalized spacial score (nSPS) is 16.0. The molecule has 0 bridgehead atoms. The number of thiophene rings is 2. The third kappa shape index (κ3) is 3.22. The van der Waals surface area contributed by atoms with E-state index in [2.05, 4.69) is 83.3 Å². The average Bonchev–Trinajstić information content (AvgIpc) is 3.36. The fourth-order valence-corrected chi connectivity index (χ4v) is 6.01. The molecule has 1 aliphatic heterocycles. The van der Waals surface area contributed by atoms with Crippen molar-refractivity contribution >= 4 is 56.0 Å².